The van der Waals surface area contributed by atoms with Crippen molar-refractivity contribution in [2.75, 3.05) is 13.7 Å². The van der Waals surface area contributed by atoms with Gasteiger partial charge in [-0.1, -0.05) is 13.8 Å². The van der Waals surface area contributed by atoms with Crippen molar-refractivity contribution < 1.29 is 4.74 Å². The van der Waals surface area contributed by atoms with E-state index >= 15 is 0 Å². The third-order valence-corrected chi connectivity index (χ3v) is 4.43. The zero-order valence-electron chi connectivity index (χ0n) is 10.3. The average Bonchev–Trinajstić information content (AvgIpc) is 3.00. The van der Waals surface area contributed by atoms with Crippen molar-refractivity contribution in [1.82, 2.24) is 5.32 Å². The van der Waals surface area contributed by atoms with Crippen molar-refractivity contribution in [2.45, 2.75) is 51.6 Å². The summed E-state index contributed by atoms with van der Waals surface area (Å²) < 4.78 is 5.32. The van der Waals surface area contributed by atoms with E-state index in [1.54, 1.807) is 0 Å². The fourth-order valence-electron chi connectivity index (χ4n) is 2.87. The SMILES string of the molecule is COCC(NC1CCC(C)C1C)C1CC1. The van der Waals surface area contributed by atoms with Crippen molar-refractivity contribution in [2.24, 2.45) is 17.8 Å². The Balaban J connectivity index is 1.83. The number of hydrogen-bond acceptors (Lipinski definition) is 2. The smallest absolute Gasteiger partial charge is 0.0618 e. The van der Waals surface area contributed by atoms with E-state index in [0.717, 1.165) is 30.4 Å². The lowest BCUT2D eigenvalue weighted by atomic mass is 9.97. The number of nitrogens with one attached hydrogen (secondary N) is 1. The van der Waals surface area contributed by atoms with E-state index in [1.807, 2.05) is 7.11 Å². The lowest BCUT2D eigenvalue weighted by Crippen LogP contribution is -2.44. The zero-order valence-corrected chi connectivity index (χ0v) is 10.3. The summed E-state index contributed by atoms with van der Waals surface area (Å²) in [6, 6.07) is 1.36. The molecule has 4 unspecified atom stereocenters. The van der Waals surface area contributed by atoms with Crippen LogP contribution in [0.4, 0.5) is 0 Å². The summed E-state index contributed by atoms with van der Waals surface area (Å²) in [7, 11) is 1.82. The van der Waals surface area contributed by atoms with Gasteiger partial charge in [0.1, 0.15) is 0 Å². The highest BCUT2D eigenvalue weighted by atomic mass is 16.5. The summed E-state index contributed by atoms with van der Waals surface area (Å²) in [6.45, 7) is 5.67. The fraction of sp³-hybridized carbons (Fsp3) is 1.00. The molecule has 0 bridgehead atoms. The first-order valence-corrected chi connectivity index (χ1v) is 6.47. The normalized spacial score (nSPS) is 38.2. The maximum Gasteiger partial charge on any atom is 0.0618 e. The first-order chi connectivity index (χ1) is 7.22. The largest absolute Gasteiger partial charge is 0.383 e. The summed E-state index contributed by atoms with van der Waals surface area (Å²) in [4.78, 5) is 0. The Hall–Kier alpha value is -0.0800. The number of hydrogen-bond donors (Lipinski definition) is 1. The lowest BCUT2D eigenvalue weighted by molar-refractivity contribution is 0.146. The van der Waals surface area contributed by atoms with Crippen molar-refractivity contribution in [1.29, 1.82) is 0 Å². The Morgan fingerprint density at radius 2 is 1.93 bits per heavy atom. The van der Waals surface area contributed by atoms with Crippen LogP contribution in [0.2, 0.25) is 0 Å². The number of ether oxygens (including phenoxy) is 1. The number of rotatable bonds is 5. The van der Waals surface area contributed by atoms with Gasteiger partial charge in [0.25, 0.3) is 0 Å². The molecule has 2 saturated carbocycles. The maximum absolute atomic E-state index is 5.32. The topological polar surface area (TPSA) is 21.3 Å². The van der Waals surface area contributed by atoms with Gasteiger partial charge in [-0.3, -0.25) is 0 Å². The van der Waals surface area contributed by atoms with Gasteiger partial charge in [-0.25, -0.2) is 0 Å². The lowest BCUT2D eigenvalue weighted by Gasteiger charge is -2.26. The maximum atomic E-state index is 5.32. The summed E-state index contributed by atoms with van der Waals surface area (Å²) in [5, 5.41) is 3.83. The molecule has 0 heterocycles. The van der Waals surface area contributed by atoms with E-state index in [0.29, 0.717) is 6.04 Å². The second-order valence-corrected chi connectivity index (χ2v) is 5.59. The van der Waals surface area contributed by atoms with E-state index in [2.05, 4.69) is 19.2 Å². The molecule has 4 atom stereocenters. The van der Waals surface area contributed by atoms with E-state index in [1.165, 1.54) is 25.7 Å². The van der Waals surface area contributed by atoms with Crippen molar-refractivity contribution in [3.05, 3.63) is 0 Å². The predicted octanol–water partition coefficient (Wildman–Crippen LogP) is 2.44. The van der Waals surface area contributed by atoms with Gasteiger partial charge in [-0.15, -0.1) is 0 Å². The van der Waals surface area contributed by atoms with Crippen LogP contribution in [0.25, 0.3) is 0 Å². The minimum atomic E-state index is 0.618. The van der Waals surface area contributed by atoms with E-state index in [-0.39, 0.29) is 0 Å². The zero-order chi connectivity index (χ0) is 10.8. The highest BCUT2D eigenvalue weighted by Gasteiger charge is 2.36. The van der Waals surface area contributed by atoms with Crippen LogP contribution in [0.5, 0.6) is 0 Å². The molecule has 88 valence electrons. The summed E-state index contributed by atoms with van der Waals surface area (Å²) in [5.74, 6) is 2.63. The fourth-order valence-corrected chi connectivity index (χ4v) is 2.87. The molecule has 2 heteroatoms. The first kappa shape index (κ1) is 11.4. The van der Waals surface area contributed by atoms with Crippen LogP contribution in [0, 0.1) is 17.8 Å². The van der Waals surface area contributed by atoms with Crippen LogP contribution in [0.1, 0.15) is 39.5 Å². The third kappa shape index (κ3) is 2.73. The van der Waals surface area contributed by atoms with Crippen LogP contribution in [0.15, 0.2) is 0 Å². The van der Waals surface area contributed by atoms with Crippen LogP contribution < -0.4 is 5.32 Å². The van der Waals surface area contributed by atoms with Crippen molar-refractivity contribution in [3.63, 3.8) is 0 Å². The van der Waals surface area contributed by atoms with E-state index in [4.69, 9.17) is 4.74 Å². The Bertz CT molecular complexity index is 201. The molecule has 2 fully saturated rings. The van der Waals surface area contributed by atoms with Crippen molar-refractivity contribution >= 4 is 0 Å². The highest BCUT2D eigenvalue weighted by Crippen LogP contribution is 2.36. The second kappa shape index (κ2) is 4.84. The molecule has 1 N–H and O–H groups in total. The summed E-state index contributed by atoms with van der Waals surface area (Å²) in [5.41, 5.74) is 0. The van der Waals surface area contributed by atoms with Gasteiger partial charge in [0.2, 0.25) is 0 Å². The van der Waals surface area contributed by atoms with Gasteiger partial charge in [0.05, 0.1) is 6.61 Å². The first-order valence-electron chi connectivity index (χ1n) is 6.47. The minimum absolute atomic E-state index is 0.618. The van der Waals surface area contributed by atoms with Gasteiger partial charge >= 0.3 is 0 Å². The Labute approximate surface area is 93.8 Å². The van der Waals surface area contributed by atoms with Crippen LogP contribution in [-0.4, -0.2) is 25.8 Å². The second-order valence-electron chi connectivity index (χ2n) is 5.59. The van der Waals surface area contributed by atoms with E-state index in [9.17, 15) is 0 Å². The van der Waals surface area contributed by atoms with Gasteiger partial charge < -0.3 is 10.1 Å². The van der Waals surface area contributed by atoms with Crippen LogP contribution in [-0.2, 0) is 4.74 Å². The molecule has 0 radical (unpaired) electrons. The molecule has 0 aromatic heterocycles. The molecule has 0 spiro atoms. The molecule has 2 rings (SSSR count). The van der Waals surface area contributed by atoms with Crippen LogP contribution in [0.3, 0.4) is 0 Å². The van der Waals surface area contributed by atoms with Crippen LogP contribution >= 0.6 is 0 Å². The quantitative estimate of drug-likeness (QED) is 0.754. The molecule has 0 saturated heterocycles. The average molecular weight is 211 g/mol. The molecule has 0 aromatic rings. The standard InChI is InChI=1S/C13H25NO/c1-9-4-7-12(10(9)2)14-13(8-15-3)11-5-6-11/h9-14H,4-8H2,1-3H3. The molecular formula is C13H25NO. The predicted molar refractivity (Wildman–Crippen MR) is 62.9 cm³/mol. The molecule has 2 nitrogen and oxygen atoms in total. The van der Waals surface area contributed by atoms with Crippen molar-refractivity contribution in [3.8, 4) is 0 Å². The summed E-state index contributed by atoms with van der Waals surface area (Å²) in [6.07, 6.45) is 5.55. The molecule has 0 amide bonds. The number of methoxy groups -OCH3 is 1. The Kier molecular flexibility index (Phi) is 3.68. The van der Waals surface area contributed by atoms with Gasteiger partial charge in [0.15, 0.2) is 0 Å². The molecular weight excluding hydrogens is 186 g/mol. The Morgan fingerprint density at radius 1 is 1.20 bits per heavy atom. The summed E-state index contributed by atoms with van der Waals surface area (Å²) >= 11 is 0. The van der Waals surface area contributed by atoms with Gasteiger partial charge in [-0.2, -0.15) is 0 Å². The van der Waals surface area contributed by atoms with E-state index < -0.39 is 0 Å². The van der Waals surface area contributed by atoms with Gasteiger partial charge in [-0.05, 0) is 43.4 Å². The minimum Gasteiger partial charge on any atom is -0.383 e. The molecule has 2 aliphatic rings. The highest BCUT2D eigenvalue weighted by molar-refractivity contribution is 4.92. The monoisotopic (exact) mass is 211 g/mol. The molecule has 0 aromatic carbocycles. The molecule has 15 heavy (non-hydrogen) atoms. The molecule has 0 aliphatic heterocycles. The van der Waals surface area contributed by atoms with Gasteiger partial charge in [0, 0.05) is 19.2 Å². The Morgan fingerprint density at radius 3 is 2.40 bits per heavy atom. The third-order valence-electron chi connectivity index (χ3n) is 4.43. The molecule has 2 aliphatic carbocycles.